The summed E-state index contributed by atoms with van der Waals surface area (Å²) in [5.74, 6) is 4.54. The lowest BCUT2D eigenvalue weighted by Crippen LogP contribution is -2.43. The van der Waals surface area contributed by atoms with Crippen LogP contribution in [-0.2, 0) is 9.53 Å². The Labute approximate surface area is 88.7 Å². The van der Waals surface area contributed by atoms with E-state index in [4.69, 9.17) is 10.6 Å². The maximum Gasteiger partial charge on any atom is 0.407 e. The van der Waals surface area contributed by atoms with Gasteiger partial charge in [0.1, 0.15) is 5.60 Å². The quantitative estimate of drug-likeness (QED) is 0.372. The molecule has 88 valence electrons. The summed E-state index contributed by atoms with van der Waals surface area (Å²) in [6.07, 6.45) is -0.417. The topological polar surface area (TPSA) is 105 Å². The molecule has 0 saturated carbocycles. The van der Waals surface area contributed by atoms with Gasteiger partial charge in [0.25, 0.3) is 0 Å². The Hall–Kier alpha value is -1.34. The lowest BCUT2D eigenvalue weighted by molar-refractivity contribution is -0.121. The summed E-state index contributed by atoms with van der Waals surface area (Å²) in [5.41, 5.74) is 3.63. The molecule has 0 aromatic rings. The fraction of sp³-hybridized carbons (Fsp3) is 0.750. The first-order valence-electron chi connectivity index (χ1n) is 4.56. The lowest BCUT2D eigenvalue weighted by Gasteiger charge is -2.19. The van der Waals surface area contributed by atoms with Gasteiger partial charge >= 0.3 is 6.09 Å². The molecule has 0 rings (SSSR count). The second-order valence-electron chi connectivity index (χ2n) is 3.87. The standard InChI is InChI=1S/C8H18N4O3/c1-8(2,3)15-7(14)10-5-4-6(13)11-12-9/h12H,4-5,9H2,1-3H3,(H,10,14)(H,11,13). The zero-order valence-electron chi connectivity index (χ0n) is 9.22. The fourth-order valence-corrected chi connectivity index (χ4v) is 0.735. The monoisotopic (exact) mass is 218 g/mol. The molecule has 0 saturated heterocycles. The molecule has 15 heavy (non-hydrogen) atoms. The predicted molar refractivity (Wildman–Crippen MR) is 54.3 cm³/mol. The van der Waals surface area contributed by atoms with Crippen molar-refractivity contribution in [2.24, 2.45) is 5.84 Å². The van der Waals surface area contributed by atoms with Crippen molar-refractivity contribution >= 4 is 12.0 Å². The summed E-state index contributed by atoms with van der Waals surface area (Å²) < 4.78 is 4.96. The van der Waals surface area contributed by atoms with Crippen molar-refractivity contribution in [1.29, 1.82) is 0 Å². The number of hydrogen-bond acceptors (Lipinski definition) is 5. The molecule has 7 nitrogen and oxygen atoms in total. The van der Waals surface area contributed by atoms with Crippen LogP contribution in [0.2, 0.25) is 0 Å². The van der Waals surface area contributed by atoms with Gasteiger partial charge in [0, 0.05) is 13.0 Å². The average Bonchev–Trinajstić information content (AvgIpc) is 2.00. The highest BCUT2D eigenvalue weighted by Crippen LogP contribution is 2.06. The van der Waals surface area contributed by atoms with E-state index in [1.54, 1.807) is 20.8 Å². The number of alkyl carbamates (subject to hydrolysis) is 1. The van der Waals surface area contributed by atoms with Crippen LogP contribution in [0.1, 0.15) is 27.2 Å². The van der Waals surface area contributed by atoms with Crippen molar-refractivity contribution in [3.05, 3.63) is 0 Å². The molecule has 0 aliphatic carbocycles. The predicted octanol–water partition coefficient (Wildman–Crippen LogP) is -0.604. The molecule has 0 aromatic heterocycles. The Kier molecular flexibility index (Phi) is 5.65. The summed E-state index contributed by atoms with van der Waals surface area (Å²) in [6, 6.07) is 0. The second-order valence-corrected chi connectivity index (χ2v) is 3.87. The van der Waals surface area contributed by atoms with Crippen LogP contribution in [0.5, 0.6) is 0 Å². The van der Waals surface area contributed by atoms with Crippen LogP contribution in [0.3, 0.4) is 0 Å². The second kappa shape index (κ2) is 6.20. The Balaban J connectivity index is 3.60. The fourth-order valence-electron chi connectivity index (χ4n) is 0.735. The van der Waals surface area contributed by atoms with E-state index in [1.807, 2.05) is 5.53 Å². The van der Waals surface area contributed by atoms with Gasteiger partial charge in [-0.05, 0) is 20.8 Å². The molecular weight excluding hydrogens is 200 g/mol. The average molecular weight is 218 g/mol. The molecule has 0 unspecified atom stereocenters. The molecule has 0 radical (unpaired) electrons. The minimum atomic E-state index is -0.545. The van der Waals surface area contributed by atoms with Crippen molar-refractivity contribution in [3.63, 3.8) is 0 Å². The molecule has 0 aliphatic rings. The van der Waals surface area contributed by atoms with Crippen LogP contribution in [0, 0.1) is 0 Å². The van der Waals surface area contributed by atoms with Gasteiger partial charge in [0.15, 0.2) is 0 Å². The van der Waals surface area contributed by atoms with Gasteiger partial charge in [-0.15, -0.1) is 0 Å². The van der Waals surface area contributed by atoms with Crippen molar-refractivity contribution < 1.29 is 14.3 Å². The number of ether oxygens (including phenoxy) is 1. The first kappa shape index (κ1) is 13.7. The molecular formula is C8H18N4O3. The summed E-state index contributed by atoms with van der Waals surface area (Å²) in [7, 11) is 0. The number of hydrazine groups is 2. The molecule has 0 bridgehead atoms. The van der Waals surface area contributed by atoms with Gasteiger partial charge in [-0.2, -0.15) is 5.53 Å². The highest BCUT2D eigenvalue weighted by molar-refractivity contribution is 5.76. The number of carbonyl (C=O) groups is 2. The van der Waals surface area contributed by atoms with Crippen molar-refractivity contribution in [2.75, 3.05) is 6.54 Å². The summed E-state index contributed by atoms with van der Waals surface area (Å²) in [5, 5.41) is 2.44. The number of nitrogens with one attached hydrogen (secondary N) is 3. The maximum atomic E-state index is 11.1. The molecule has 7 heteroatoms. The zero-order valence-corrected chi connectivity index (χ0v) is 9.22. The number of amides is 2. The van der Waals surface area contributed by atoms with E-state index in [9.17, 15) is 9.59 Å². The third-order valence-electron chi connectivity index (χ3n) is 1.23. The molecule has 0 aliphatic heterocycles. The SMILES string of the molecule is CC(C)(C)OC(=O)NCCC(=O)NNN. The van der Waals surface area contributed by atoms with Crippen LogP contribution in [-0.4, -0.2) is 24.1 Å². The number of hydrogen-bond donors (Lipinski definition) is 4. The van der Waals surface area contributed by atoms with Crippen LogP contribution in [0.25, 0.3) is 0 Å². The zero-order chi connectivity index (χ0) is 11.9. The third kappa shape index (κ3) is 8.98. The van der Waals surface area contributed by atoms with Crippen LogP contribution in [0.15, 0.2) is 0 Å². The minimum Gasteiger partial charge on any atom is -0.444 e. The van der Waals surface area contributed by atoms with Gasteiger partial charge < -0.3 is 10.1 Å². The first-order chi connectivity index (χ1) is 6.85. The summed E-state index contributed by atoms with van der Waals surface area (Å²) in [6.45, 7) is 5.48. The van der Waals surface area contributed by atoms with E-state index in [2.05, 4.69) is 10.7 Å². The van der Waals surface area contributed by atoms with Crippen LogP contribution >= 0.6 is 0 Å². The Morgan fingerprint density at radius 3 is 2.40 bits per heavy atom. The molecule has 0 fully saturated rings. The van der Waals surface area contributed by atoms with E-state index in [0.717, 1.165) is 0 Å². The molecule has 0 aromatic carbocycles. The van der Waals surface area contributed by atoms with Crippen LogP contribution in [0.4, 0.5) is 4.79 Å². The van der Waals surface area contributed by atoms with E-state index in [0.29, 0.717) is 0 Å². The highest BCUT2D eigenvalue weighted by atomic mass is 16.6. The molecule has 0 atom stereocenters. The smallest absolute Gasteiger partial charge is 0.407 e. The molecule has 2 amide bonds. The maximum absolute atomic E-state index is 11.1. The molecule has 0 spiro atoms. The van der Waals surface area contributed by atoms with Crippen molar-refractivity contribution in [2.45, 2.75) is 32.8 Å². The minimum absolute atomic E-state index is 0.128. The molecule has 5 N–H and O–H groups in total. The Morgan fingerprint density at radius 2 is 1.93 bits per heavy atom. The summed E-state index contributed by atoms with van der Waals surface area (Å²) >= 11 is 0. The number of nitrogens with two attached hydrogens (primary N) is 1. The van der Waals surface area contributed by atoms with Crippen molar-refractivity contribution in [1.82, 2.24) is 16.3 Å². The van der Waals surface area contributed by atoms with Gasteiger partial charge in [0.2, 0.25) is 5.91 Å². The van der Waals surface area contributed by atoms with E-state index in [1.165, 1.54) is 0 Å². The molecule has 0 heterocycles. The van der Waals surface area contributed by atoms with E-state index in [-0.39, 0.29) is 18.9 Å². The normalized spacial score (nSPS) is 10.7. The number of carbonyl (C=O) groups excluding carboxylic acids is 2. The lowest BCUT2D eigenvalue weighted by atomic mass is 10.2. The van der Waals surface area contributed by atoms with Gasteiger partial charge in [-0.3, -0.25) is 16.1 Å². The summed E-state index contributed by atoms with van der Waals surface area (Å²) in [4.78, 5) is 22.0. The third-order valence-corrected chi connectivity index (χ3v) is 1.23. The highest BCUT2D eigenvalue weighted by Gasteiger charge is 2.15. The van der Waals surface area contributed by atoms with E-state index < -0.39 is 11.7 Å². The van der Waals surface area contributed by atoms with Crippen LogP contribution < -0.4 is 22.1 Å². The van der Waals surface area contributed by atoms with E-state index >= 15 is 0 Å². The van der Waals surface area contributed by atoms with Gasteiger partial charge in [0.05, 0.1) is 0 Å². The Bertz CT molecular complexity index is 224. The Morgan fingerprint density at radius 1 is 1.33 bits per heavy atom. The number of rotatable bonds is 4. The van der Waals surface area contributed by atoms with Gasteiger partial charge in [-0.25, -0.2) is 4.79 Å². The van der Waals surface area contributed by atoms with Gasteiger partial charge in [-0.1, -0.05) is 0 Å². The first-order valence-corrected chi connectivity index (χ1v) is 4.56. The largest absolute Gasteiger partial charge is 0.444 e. The van der Waals surface area contributed by atoms with Crippen molar-refractivity contribution in [3.8, 4) is 0 Å².